The fraction of sp³-hybridized carbons (Fsp3) is 0.350. The van der Waals surface area contributed by atoms with Crippen LogP contribution >= 0.6 is 0 Å². The lowest BCUT2D eigenvalue weighted by Gasteiger charge is -2.05. The lowest BCUT2D eigenvalue weighted by atomic mass is 10.1. The Labute approximate surface area is 155 Å². The predicted octanol–water partition coefficient (Wildman–Crippen LogP) is 4.66. The van der Waals surface area contributed by atoms with E-state index in [0.29, 0.717) is 5.95 Å². The van der Waals surface area contributed by atoms with Gasteiger partial charge < -0.3 is 16.0 Å². The van der Waals surface area contributed by atoms with E-state index in [1.54, 1.807) is 0 Å². The van der Waals surface area contributed by atoms with Gasteiger partial charge in [-0.3, -0.25) is 0 Å². The van der Waals surface area contributed by atoms with Gasteiger partial charge in [0.2, 0.25) is 0 Å². The monoisotopic (exact) mass is 352 g/mol. The van der Waals surface area contributed by atoms with Crippen molar-refractivity contribution in [2.75, 3.05) is 12.3 Å². The molecule has 0 radical (unpaired) electrons. The highest BCUT2D eigenvalue weighted by molar-refractivity contribution is 5.52. The Morgan fingerprint density at radius 1 is 1.27 bits per heavy atom. The van der Waals surface area contributed by atoms with E-state index in [0.717, 1.165) is 50.0 Å². The van der Waals surface area contributed by atoms with Crippen molar-refractivity contribution in [1.29, 1.82) is 5.53 Å². The van der Waals surface area contributed by atoms with Crippen LogP contribution in [0.2, 0.25) is 0 Å². The van der Waals surface area contributed by atoms with Gasteiger partial charge in [-0.1, -0.05) is 48.4 Å². The Morgan fingerprint density at radius 2 is 2.08 bits per heavy atom. The maximum Gasteiger partial charge on any atom is 0.197 e. The van der Waals surface area contributed by atoms with Gasteiger partial charge in [0.05, 0.1) is 11.4 Å². The first kappa shape index (κ1) is 19.4. The molecule has 0 spiro atoms. The number of H-pyrrole nitrogens is 1. The van der Waals surface area contributed by atoms with Crippen molar-refractivity contribution in [3.8, 4) is 0 Å². The topological polar surface area (TPSA) is 103 Å². The average Bonchev–Trinajstić information content (AvgIpc) is 3.06. The highest BCUT2D eigenvalue weighted by atomic mass is 15.0. The number of unbranched alkanes of at least 4 members (excludes halogenated alkanes) is 2. The van der Waals surface area contributed by atoms with Crippen molar-refractivity contribution in [2.24, 2.45) is 5.11 Å². The maximum absolute atomic E-state index is 7.32. The lowest BCUT2D eigenvalue weighted by Crippen LogP contribution is -2.09. The van der Waals surface area contributed by atoms with Crippen molar-refractivity contribution < 1.29 is 0 Å². The second-order valence-electron chi connectivity index (χ2n) is 6.37. The fourth-order valence-corrected chi connectivity index (χ4v) is 2.67. The van der Waals surface area contributed by atoms with Gasteiger partial charge in [-0.25, -0.2) is 10.5 Å². The van der Waals surface area contributed by atoms with Gasteiger partial charge in [0, 0.05) is 18.9 Å². The van der Waals surface area contributed by atoms with Gasteiger partial charge in [-0.2, -0.15) is 5.11 Å². The summed E-state index contributed by atoms with van der Waals surface area (Å²) >= 11 is 0. The molecule has 2 rings (SSSR count). The van der Waals surface area contributed by atoms with Gasteiger partial charge >= 0.3 is 0 Å². The largest absolute Gasteiger partial charge is 0.386 e. The summed E-state index contributed by atoms with van der Waals surface area (Å²) in [7, 11) is 0. The molecule has 0 unspecified atom stereocenters. The van der Waals surface area contributed by atoms with Gasteiger partial charge in [0.15, 0.2) is 5.95 Å². The van der Waals surface area contributed by atoms with Crippen LogP contribution < -0.4 is 11.1 Å². The van der Waals surface area contributed by atoms with E-state index in [-0.39, 0.29) is 0 Å². The van der Waals surface area contributed by atoms with Crippen LogP contribution in [0.15, 0.2) is 59.1 Å². The first-order valence-electron chi connectivity index (χ1n) is 8.99. The minimum atomic E-state index is 0.473. The van der Waals surface area contributed by atoms with E-state index >= 15 is 0 Å². The highest BCUT2D eigenvalue weighted by Crippen LogP contribution is 2.12. The standard InChI is InChI=1S/C20H28N6/c1-16(12-17-8-4-2-5-9-17)13-23-14-19(26-22)11-7-3-6-10-18-15-24-20(21)25-18/h2,4-5,8-9,12,14-15,22-23H,3,6-7,10-11,13H2,1H3,(H3,21,24,25)/b16-12+,19-14-,26-22?. The first-order valence-corrected chi connectivity index (χ1v) is 8.99. The number of nitrogens with two attached hydrogens (primary N) is 1. The second-order valence-corrected chi connectivity index (χ2v) is 6.37. The van der Waals surface area contributed by atoms with Crippen molar-refractivity contribution in [3.63, 3.8) is 0 Å². The third kappa shape index (κ3) is 7.34. The van der Waals surface area contributed by atoms with Crippen LogP contribution in [0.25, 0.3) is 6.08 Å². The Hall–Kier alpha value is -2.89. The number of aryl methyl sites for hydroxylation is 1. The van der Waals surface area contributed by atoms with E-state index in [2.05, 4.69) is 45.5 Å². The van der Waals surface area contributed by atoms with E-state index in [9.17, 15) is 0 Å². The van der Waals surface area contributed by atoms with E-state index in [1.807, 2.05) is 30.6 Å². The average molecular weight is 352 g/mol. The predicted molar refractivity (Wildman–Crippen MR) is 106 cm³/mol. The molecular formula is C20H28N6. The third-order valence-corrected chi connectivity index (χ3v) is 4.02. The van der Waals surface area contributed by atoms with E-state index in [4.69, 9.17) is 11.3 Å². The zero-order chi connectivity index (χ0) is 18.6. The summed E-state index contributed by atoms with van der Waals surface area (Å²) in [6.45, 7) is 2.83. The number of imidazole rings is 1. The number of nitrogens with zero attached hydrogens (tertiary/aromatic N) is 2. The number of benzene rings is 1. The van der Waals surface area contributed by atoms with Crippen molar-refractivity contribution in [2.45, 2.75) is 39.0 Å². The molecule has 0 amide bonds. The smallest absolute Gasteiger partial charge is 0.197 e. The fourth-order valence-electron chi connectivity index (χ4n) is 2.67. The zero-order valence-electron chi connectivity index (χ0n) is 15.3. The maximum atomic E-state index is 7.32. The number of aromatic nitrogens is 2. The Balaban J connectivity index is 1.65. The van der Waals surface area contributed by atoms with Crippen LogP contribution in [0.4, 0.5) is 5.95 Å². The summed E-state index contributed by atoms with van der Waals surface area (Å²) in [6.07, 6.45) is 10.7. The number of allylic oxidation sites excluding steroid dienone is 1. The third-order valence-electron chi connectivity index (χ3n) is 4.02. The molecule has 5 N–H and O–H groups in total. The Bertz CT molecular complexity index is 730. The molecule has 0 aliphatic rings. The number of aromatic amines is 1. The van der Waals surface area contributed by atoms with E-state index in [1.165, 1.54) is 11.1 Å². The molecule has 2 aromatic rings. The SMILES string of the molecule is C/C(=C\c1ccccc1)CN/C=C(/CCCCCc1c[nH]c(N)n1)N=N. The van der Waals surface area contributed by atoms with Gasteiger partial charge in [0.1, 0.15) is 0 Å². The molecule has 1 aromatic heterocycles. The second kappa shape index (κ2) is 10.9. The zero-order valence-corrected chi connectivity index (χ0v) is 15.3. The number of rotatable bonds is 11. The summed E-state index contributed by atoms with van der Waals surface area (Å²) in [5.74, 6) is 0.473. The molecule has 138 valence electrons. The first-order chi connectivity index (χ1) is 12.7. The van der Waals surface area contributed by atoms with Crippen LogP contribution in [0.5, 0.6) is 0 Å². The molecule has 0 saturated heterocycles. The molecule has 6 nitrogen and oxygen atoms in total. The number of hydrogen-bond donors (Lipinski definition) is 4. The number of nitrogen functional groups attached to an aromatic ring is 1. The molecule has 0 fully saturated rings. The molecule has 6 heteroatoms. The summed E-state index contributed by atoms with van der Waals surface area (Å²) in [4.78, 5) is 7.08. The van der Waals surface area contributed by atoms with Gasteiger partial charge in [0.25, 0.3) is 0 Å². The molecule has 0 aliphatic carbocycles. The lowest BCUT2D eigenvalue weighted by molar-refractivity contribution is 0.660. The number of anilines is 1. The van der Waals surface area contributed by atoms with Crippen LogP contribution in [-0.2, 0) is 6.42 Å². The Morgan fingerprint density at radius 3 is 2.77 bits per heavy atom. The van der Waals surface area contributed by atoms with E-state index < -0.39 is 0 Å². The number of hydrogen-bond acceptors (Lipinski definition) is 5. The normalized spacial score (nSPS) is 12.2. The molecule has 0 atom stereocenters. The van der Waals surface area contributed by atoms with Crippen molar-refractivity contribution >= 4 is 12.0 Å². The minimum absolute atomic E-state index is 0.473. The van der Waals surface area contributed by atoms with Crippen molar-refractivity contribution in [3.05, 3.63) is 65.3 Å². The van der Waals surface area contributed by atoms with Crippen LogP contribution in [0, 0.1) is 5.53 Å². The molecule has 0 aliphatic heterocycles. The van der Waals surface area contributed by atoms with Crippen LogP contribution in [-0.4, -0.2) is 16.5 Å². The van der Waals surface area contributed by atoms with Crippen molar-refractivity contribution in [1.82, 2.24) is 15.3 Å². The summed E-state index contributed by atoms with van der Waals surface area (Å²) in [5.41, 5.74) is 17.1. The van der Waals surface area contributed by atoms with Crippen LogP contribution in [0.3, 0.4) is 0 Å². The Kier molecular flexibility index (Phi) is 8.12. The number of nitrogens with one attached hydrogen (secondary N) is 3. The summed E-state index contributed by atoms with van der Waals surface area (Å²) in [5, 5.41) is 6.88. The quantitative estimate of drug-likeness (QED) is 0.349. The van der Waals surface area contributed by atoms with Crippen LogP contribution in [0.1, 0.15) is 43.9 Å². The summed E-state index contributed by atoms with van der Waals surface area (Å²) < 4.78 is 0. The molecule has 26 heavy (non-hydrogen) atoms. The summed E-state index contributed by atoms with van der Waals surface area (Å²) in [6, 6.07) is 10.2. The molecule has 0 bridgehead atoms. The minimum Gasteiger partial charge on any atom is -0.386 e. The van der Waals surface area contributed by atoms with Gasteiger partial charge in [-0.05, 0) is 38.2 Å². The molecule has 0 saturated carbocycles. The molecule has 1 heterocycles. The molecular weight excluding hydrogens is 324 g/mol. The van der Waals surface area contributed by atoms with Gasteiger partial charge in [-0.15, -0.1) is 0 Å². The highest BCUT2D eigenvalue weighted by Gasteiger charge is 2.00. The molecule has 1 aromatic carbocycles.